The maximum Gasteiger partial charge on any atom is 0.241 e. The summed E-state index contributed by atoms with van der Waals surface area (Å²) < 4.78 is 0. The molecule has 0 spiro atoms. The number of amides is 1. The van der Waals surface area contributed by atoms with Crippen LogP contribution in [-0.2, 0) is 4.79 Å². The third-order valence-corrected chi connectivity index (χ3v) is 5.57. The highest BCUT2D eigenvalue weighted by atomic mass is 16.2. The van der Waals surface area contributed by atoms with E-state index in [1.807, 2.05) is 0 Å². The summed E-state index contributed by atoms with van der Waals surface area (Å²) in [6.07, 6.45) is 5.20. The zero-order valence-corrected chi connectivity index (χ0v) is 17.5. The van der Waals surface area contributed by atoms with Crippen LogP contribution in [0.4, 0.5) is 0 Å². The van der Waals surface area contributed by atoms with Crippen molar-refractivity contribution in [3.8, 4) is 0 Å². The molecule has 1 aliphatic rings. The summed E-state index contributed by atoms with van der Waals surface area (Å²) in [7, 11) is 0. The van der Waals surface area contributed by atoms with E-state index in [0.717, 1.165) is 38.4 Å². The minimum absolute atomic E-state index is 0.0790. The zero-order valence-electron chi connectivity index (χ0n) is 17.5. The number of piperazine rings is 1. The molecule has 1 fully saturated rings. The minimum atomic E-state index is -0.0790. The fourth-order valence-corrected chi connectivity index (χ4v) is 3.96. The molecule has 160 valence electrons. The summed E-state index contributed by atoms with van der Waals surface area (Å²) in [5, 5.41) is 3.96. The van der Waals surface area contributed by atoms with Crippen LogP contribution >= 0.6 is 0 Å². The number of carbonyl (C=O) groups is 1. The van der Waals surface area contributed by atoms with E-state index in [0.29, 0.717) is 6.42 Å². The molecule has 3 aromatic rings. The topological polar surface area (TPSA) is 76.6 Å². The summed E-state index contributed by atoms with van der Waals surface area (Å²) in [6, 6.07) is 21.6. The molecular weight excluding hydrogens is 388 g/mol. The first-order valence-electron chi connectivity index (χ1n) is 10.7. The largest absolute Gasteiger partial charge is 0.344 e. The van der Waals surface area contributed by atoms with Crippen LogP contribution in [0.15, 0.2) is 78.3 Å². The van der Waals surface area contributed by atoms with Crippen molar-refractivity contribution in [3.63, 3.8) is 0 Å². The second-order valence-electron chi connectivity index (χ2n) is 7.65. The number of hydrogen-bond acceptors (Lipinski definition) is 5. The van der Waals surface area contributed by atoms with Gasteiger partial charge in [0, 0.05) is 39.1 Å². The van der Waals surface area contributed by atoms with E-state index in [9.17, 15) is 4.79 Å². The average Bonchev–Trinajstić information content (AvgIpc) is 3.34. The molecule has 2 N–H and O–H groups in total. The Balaban J connectivity index is 1.28. The third-order valence-electron chi connectivity index (χ3n) is 5.57. The van der Waals surface area contributed by atoms with Crippen LogP contribution in [0.3, 0.4) is 0 Å². The first-order valence-corrected chi connectivity index (χ1v) is 10.7. The Morgan fingerprint density at radius 3 is 2.26 bits per heavy atom. The van der Waals surface area contributed by atoms with Crippen LogP contribution in [0.5, 0.6) is 0 Å². The Labute approximate surface area is 182 Å². The summed E-state index contributed by atoms with van der Waals surface area (Å²) in [6.45, 7) is 4.56. The van der Waals surface area contributed by atoms with E-state index in [4.69, 9.17) is 0 Å². The molecule has 1 aliphatic heterocycles. The summed E-state index contributed by atoms with van der Waals surface area (Å²) in [4.78, 5) is 23.8. The normalized spacial score (nSPS) is 15.5. The molecule has 0 bridgehead atoms. The maximum absolute atomic E-state index is 12.1. The summed E-state index contributed by atoms with van der Waals surface area (Å²) in [5.41, 5.74) is 5.96. The molecule has 0 unspecified atom stereocenters. The molecular formula is C24H28N6O. The lowest BCUT2D eigenvalue weighted by Crippen LogP contribution is -2.48. The van der Waals surface area contributed by atoms with Crippen LogP contribution < -0.4 is 5.43 Å². The lowest BCUT2D eigenvalue weighted by molar-refractivity contribution is -0.121. The zero-order chi connectivity index (χ0) is 21.3. The number of aromatic nitrogens is 2. The van der Waals surface area contributed by atoms with Gasteiger partial charge < -0.3 is 9.88 Å². The van der Waals surface area contributed by atoms with E-state index < -0.39 is 0 Å². The van der Waals surface area contributed by atoms with E-state index in [1.54, 1.807) is 18.7 Å². The van der Waals surface area contributed by atoms with Crippen molar-refractivity contribution in [2.75, 3.05) is 32.7 Å². The van der Waals surface area contributed by atoms with E-state index >= 15 is 0 Å². The van der Waals surface area contributed by atoms with Crippen molar-refractivity contribution in [2.45, 2.75) is 12.5 Å². The molecule has 0 saturated carbocycles. The number of benzene rings is 2. The van der Waals surface area contributed by atoms with Gasteiger partial charge in [0.05, 0.1) is 30.5 Å². The molecule has 4 rings (SSSR count). The maximum atomic E-state index is 12.1. The number of rotatable bonds is 8. The first kappa shape index (κ1) is 21.0. The number of nitrogens with zero attached hydrogens (tertiary/aromatic N) is 4. The van der Waals surface area contributed by atoms with Gasteiger partial charge in [0.2, 0.25) is 5.91 Å². The van der Waals surface area contributed by atoms with E-state index in [1.165, 1.54) is 11.1 Å². The Kier molecular flexibility index (Phi) is 7.20. The Bertz CT molecular complexity index is 911. The number of nitrogens with one attached hydrogen (secondary N) is 2. The van der Waals surface area contributed by atoms with Gasteiger partial charge in [0.25, 0.3) is 0 Å². The molecule has 0 aliphatic carbocycles. The highest BCUT2D eigenvalue weighted by molar-refractivity contribution is 5.80. The second-order valence-corrected chi connectivity index (χ2v) is 7.65. The smallest absolute Gasteiger partial charge is 0.241 e. The fraction of sp³-hybridized carbons (Fsp3) is 0.292. The van der Waals surface area contributed by atoms with Gasteiger partial charge in [-0.25, -0.2) is 10.4 Å². The molecule has 1 amide bonds. The molecule has 2 aromatic carbocycles. The number of hydrazone groups is 1. The van der Waals surface area contributed by atoms with Crippen molar-refractivity contribution in [3.05, 3.63) is 90.0 Å². The van der Waals surface area contributed by atoms with Gasteiger partial charge in [-0.1, -0.05) is 60.7 Å². The van der Waals surface area contributed by atoms with Crippen LogP contribution in [-0.4, -0.2) is 64.6 Å². The number of carbonyl (C=O) groups excluding carboxylic acids is 1. The molecule has 0 radical (unpaired) electrons. The predicted molar refractivity (Wildman–Crippen MR) is 122 cm³/mol. The predicted octanol–water partition coefficient (Wildman–Crippen LogP) is 2.66. The lowest BCUT2D eigenvalue weighted by Gasteiger charge is -2.39. The van der Waals surface area contributed by atoms with Crippen molar-refractivity contribution in [1.29, 1.82) is 0 Å². The molecule has 7 heteroatoms. The van der Waals surface area contributed by atoms with Crippen molar-refractivity contribution in [1.82, 2.24) is 25.2 Å². The SMILES string of the molecule is O=C(CCN1CCN(C(c2ccccc2)c2ccccc2)CC1)N/N=C/c1cnc[nH]1. The van der Waals surface area contributed by atoms with Crippen molar-refractivity contribution >= 4 is 12.1 Å². The van der Waals surface area contributed by atoms with Gasteiger partial charge in [0.1, 0.15) is 0 Å². The number of hydrogen-bond donors (Lipinski definition) is 2. The van der Waals surface area contributed by atoms with E-state index in [-0.39, 0.29) is 11.9 Å². The number of aromatic amines is 1. The van der Waals surface area contributed by atoms with Gasteiger partial charge >= 0.3 is 0 Å². The number of H-pyrrole nitrogens is 1. The van der Waals surface area contributed by atoms with Gasteiger partial charge in [0.15, 0.2) is 0 Å². The molecule has 7 nitrogen and oxygen atoms in total. The monoisotopic (exact) mass is 416 g/mol. The van der Waals surface area contributed by atoms with Gasteiger partial charge in [-0.2, -0.15) is 5.10 Å². The molecule has 31 heavy (non-hydrogen) atoms. The van der Waals surface area contributed by atoms with Gasteiger partial charge in [-0.15, -0.1) is 0 Å². The van der Waals surface area contributed by atoms with Crippen LogP contribution in [0.2, 0.25) is 0 Å². The number of imidazole rings is 1. The van der Waals surface area contributed by atoms with E-state index in [2.05, 4.69) is 91.0 Å². The third kappa shape index (κ3) is 5.87. The molecule has 1 saturated heterocycles. The molecule has 0 atom stereocenters. The summed E-state index contributed by atoms with van der Waals surface area (Å²) in [5.74, 6) is -0.0790. The quantitative estimate of drug-likeness (QED) is 0.437. The highest BCUT2D eigenvalue weighted by Crippen LogP contribution is 2.29. The highest BCUT2D eigenvalue weighted by Gasteiger charge is 2.26. The molecule has 1 aromatic heterocycles. The van der Waals surface area contributed by atoms with Gasteiger partial charge in [-0.3, -0.25) is 9.69 Å². The van der Waals surface area contributed by atoms with Gasteiger partial charge in [-0.05, 0) is 11.1 Å². The Hall–Kier alpha value is -3.29. The lowest BCUT2D eigenvalue weighted by atomic mass is 9.96. The Morgan fingerprint density at radius 2 is 1.68 bits per heavy atom. The van der Waals surface area contributed by atoms with Crippen LogP contribution in [0.25, 0.3) is 0 Å². The average molecular weight is 417 g/mol. The second kappa shape index (κ2) is 10.7. The Morgan fingerprint density at radius 1 is 1.03 bits per heavy atom. The fourth-order valence-electron chi connectivity index (χ4n) is 3.96. The first-order chi connectivity index (χ1) is 15.3. The summed E-state index contributed by atoms with van der Waals surface area (Å²) >= 11 is 0. The standard InChI is InChI=1S/C24H28N6O/c31-23(28-27-18-22-17-25-19-26-22)11-12-29-13-15-30(16-14-29)24(20-7-3-1-4-8-20)21-9-5-2-6-10-21/h1-10,17-19,24H,11-16H2,(H,25,26)(H,28,31)/b27-18+. The van der Waals surface area contributed by atoms with Crippen LogP contribution in [0.1, 0.15) is 29.3 Å². The van der Waals surface area contributed by atoms with Crippen LogP contribution in [0, 0.1) is 0 Å². The van der Waals surface area contributed by atoms with Crippen molar-refractivity contribution < 1.29 is 4.79 Å². The minimum Gasteiger partial charge on any atom is -0.344 e. The van der Waals surface area contributed by atoms with Crippen molar-refractivity contribution in [2.24, 2.45) is 5.10 Å². The molecule has 2 heterocycles.